The number of rotatable bonds is 25. The minimum Gasteiger partial charge on any atom is -0.468 e. The van der Waals surface area contributed by atoms with Crippen LogP contribution in [0.25, 0.3) is 0 Å². The number of nitrogens with one attached hydrogen (secondary N) is 4. The van der Waals surface area contributed by atoms with Crippen LogP contribution in [0.4, 0.5) is 0 Å². The van der Waals surface area contributed by atoms with E-state index in [0.29, 0.717) is 12.2 Å². The maximum atomic E-state index is 14.5. The van der Waals surface area contributed by atoms with Gasteiger partial charge in [-0.3, -0.25) is 24.0 Å². The van der Waals surface area contributed by atoms with Gasteiger partial charge in [-0.1, -0.05) is 208 Å². The number of benzene rings is 6. The number of hydrogen-bond acceptors (Lipinski definition) is 9. The van der Waals surface area contributed by atoms with E-state index in [-0.39, 0.29) is 12.2 Å². The maximum Gasteiger partial charge on any atom is 0.325 e. The number of allylic oxidation sites excluding steroid dienone is 1. The molecule has 0 aliphatic heterocycles. The van der Waals surface area contributed by atoms with Crippen molar-refractivity contribution in [3.63, 3.8) is 0 Å². The molecule has 0 bridgehead atoms. The van der Waals surface area contributed by atoms with Gasteiger partial charge in [0.25, 0.3) is 0 Å². The number of ether oxygens (including phenoxy) is 1. The molecule has 0 spiro atoms. The van der Waals surface area contributed by atoms with Crippen LogP contribution in [0.3, 0.4) is 0 Å². The molecule has 4 atom stereocenters. The highest BCUT2D eigenvalue weighted by Gasteiger charge is 2.40. The van der Waals surface area contributed by atoms with Crippen molar-refractivity contribution in [2.75, 3.05) is 25.2 Å². The number of thioether (sulfide) groups is 2. The highest BCUT2D eigenvalue weighted by Crippen LogP contribution is 2.50. The molecular weight excluding hydrogens is 941 g/mol. The topological polar surface area (TPSA) is 163 Å². The van der Waals surface area contributed by atoms with Gasteiger partial charge in [0.05, 0.1) is 29.1 Å². The monoisotopic (exact) mass is 1000 g/mol. The number of methoxy groups -OCH3 is 1. The molecule has 0 aliphatic rings. The molecule has 0 fully saturated rings. The van der Waals surface area contributed by atoms with Crippen LogP contribution in [0.2, 0.25) is 0 Å². The third-order valence-corrected chi connectivity index (χ3v) is 15.4. The lowest BCUT2D eigenvalue weighted by molar-refractivity contribution is -0.141. The summed E-state index contributed by atoms with van der Waals surface area (Å²) in [5, 5.41) is 21.9. The van der Waals surface area contributed by atoms with Crippen LogP contribution in [0.15, 0.2) is 194 Å². The van der Waals surface area contributed by atoms with Crippen molar-refractivity contribution in [2.24, 2.45) is 5.92 Å². The SMILES string of the molecule is COC(=O)CNC(=O)[C@H](NC(=O)[C@@H](CSC(c1ccccc1)(c1ccccc1)c1ccccc1)NC(=O)[C@@H](C)NC(=O)C[C@H](O)C=CCCSC(c1ccccc1)(c1ccccc1)c1ccccc1)C(C)C. The molecule has 0 unspecified atom stereocenters. The van der Waals surface area contributed by atoms with Gasteiger partial charge in [-0.15, -0.1) is 23.5 Å². The summed E-state index contributed by atoms with van der Waals surface area (Å²) in [4.78, 5) is 67.2. The minimum atomic E-state index is -1.22. The molecule has 0 aromatic heterocycles. The summed E-state index contributed by atoms with van der Waals surface area (Å²) < 4.78 is 3.33. The van der Waals surface area contributed by atoms with E-state index < -0.39 is 75.8 Å². The minimum absolute atomic E-state index is 0.0243. The molecule has 0 radical (unpaired) electrons. The van der Waals surface area contributed by atoms with E-state index in [1.807, 2.05) is 115 Å². The van der Waals surface area contributed by atoms with Crippen LogP contribution in [0.5, 0.6) is 0 Å². The van der Waals surface area contributed by atoms with Gasteiger partial charge in [0.15, 0.2) is 0 Å². The molecule has 5 N–H and O–H groups in total. The maximum absolute atomic E-state index is 14.5. The van der Waals surface area contributed by atoms with Gasteiger partial charge in [0, 0.05) is 5.75 Å². The first-order chi connectivity index (χ1) is 34.9. The number of esters is 1. The highest BCUT2D eigenvalue weighted by atomic mass is 32.2. The van der Waals surface area contributed by atoms with Crippen LogP contribution < -0.4 is 21.3 Å². The first kappa shape index (κ1) is 54.4. The molecule has 13 heteroatoms. The number of amides is 4. The van der Waals surface area contributed by atoms with Crippen LogP contribution >= 0.6 is 23.5 Å². The smallest absolute Gasteiger partial charge is 0.325 e. The van der Waals surface area contributed by atoms with E-state index in [2.05, 4.69) is 98.8 Å². The van der Waals surface area contributed by atoms with Crippen molar-refractivity contribution in [3.05, 3.63) is 228 Å². The molecule has 0 saturated heterocycles. The Morgan fingerprint density at radius 3 is 1.35 bits per heavy atom. The Balaban J connectivity index is 1.16. The van der Waals surface area contributed by atoms with Crippen LogP contribution in [-0.4, -0.2) is 84.1 Å². The van der Waals surface area contributed by atoms with E-state index in [1.165, 1.54) is 25.8 Å². The summed E-state index contributed by atoms with van der Waals surface area (Å²) in [7, 11) is 1.21. The van der Waals surface area contributed by atoms with Gasteiger partial charge in [-0.25, -0.2) is 0 Å². The molecule has 0 heterocycles. The predicted octanol–water partition coefficient (Wildman–Crippen LogP) is 8.55. The van der Waals surface area contributed by atoms with Gasteiger partial charge < -0.3 is 31.1 Å². The molecule has 11 nitrogen and oxygen atoms in total. The molecule has 6 aromatic rings. The fraction of sp³-hybridized carbons (Fsp3) is 0.271. The fourth-order valence-corrected chi connectivity index (χ4v) is 11.5. The molecule has 374 valence electrons. The summed E-state index contributed by atoms with van der Waals surface area (Å²) in [5.41, 5.74) is 6.26. The number of carbonyl (C=O) groups excluding carboxylic acids is 5. The third-order valence-electron chi connectivity index (χ3n) is 12.2. The van der Waals surface area contributed by atoms with E-state index in [0.717, 1.165) is 33.4 Å². The normalized spacial score (nSPS) is 13.3. The summed E-state index contributed by atoms with van der Waals surface area (Å²) >= 11 is 3.24. The molecule has 72 heavy (non-hydrogen) atoms. The molecule has 6 rings (SSSR count). The number of aliphatic hydroxyl groups excluding tert-OH is 1. The van der Waals surface area contributed by atoms with Gasteiger partial charge in [0.1, 0.15) is 24.7 Å². The molecule has 0 saturated carbocycles. The van der Waals surface area contributed by atoms with Crippen LogP contribution in [0, 0.1) is 5.92 Å². The zero-order valence-corrected chi connectivity index (χ0v) is 42.7. The third kappa shape index (κ3) is 14.1. The lowest BCUT2D eigenvalue weighted by Crippen LogP contribution is -2.58. The largest absolute Gasteiger partial charge is 0.468 e. The quantitative estimate of drug-likeness (QED) is 0.0164. The lowest BCUT2D eigenvalue weighted by atomic mass is 9.84. The summed E-state index contributed by atoms with van der Waals surface area (Å²) in [5.74, 6) is -2.78. The average Bonchev–Trinajstić information content (AvgIpc) is 3.41. The Labute approximate surface area is 432 Å². The second kappa shape index (κ2) is 27.0. The van der Waals surface area contributed by atoms with Gasteiger partial charge >= 0.3 is 5.97 Å². The zero-order chi connectivity index (χ0) is 51.4. The first-order valence-corrected chi connectivity index (χ1v) is 26.1. The number of hydrogen-bond donors (Lipinski definition) is 5. The van der Waals surface area contributed by atoms with E-state index in [1.54, 1.807) is 31.7 Å². The number of carbonyl (C=O) groups is 5. The Hall–Kier alpha value is -6.93. The van der Waals surface area contributed by atoms with Crippen LogP contribution in [0.1, 0.15) is 67.0 Å². The van der Waals surface area contributed by atoms with E-state index in [4.69, 9.17) is 0 Å². The van der Waals surface area contributed by atoms with Crippen molar-refractivity contribution in [3.8, 4) is 0 Å². The fourth-order valence-electron chi connectivity index (χ4n) is 8.51. The molecule has 0 aliphatic carbocycles. The Kier molecular flexibility index (Phi) is 20.4. The Morgan fingerprint density at radius 2 is 0.958 bits per heavy atom. The first-order valence-electron chi connectivity index (χ1n) is 24.1. The van der Waals surface area contributed by atoms with Crippen molar-refractivity contribution < 1.29 is 33.8 Å². The Morgan fingerprint density at radius 1 is 0.556 bits per heavy atom. The Bertz CT molecular complexity index is 2490. The zero-order valence-electron chi connectivity index (χ0n) is 41.1. The highest BCUT2D eigenvalue weighted by molar-refractivity contribution is 8.00. The van der Waals surface area contributed by atoms with Crippen LogP contribution in [-0.2, 0) is 38.2 Å². The predicted molar refractivity (Wildman–Crippen MR) is 289 cm³/mol. The van der Waals surface area contributed by atoms with Gasteiger partial charge in [-0.2, -0.15) is 0 Å². The van der Waals surface area contributed by atoms with E-state index in [9.17, 15) is 29.1 Å². The van der Waals surface area contributed by atoms with Crippen molar-refractivity contribution in [1.82, 2.24) is 21.3 Å². The summed E-state index contributed by atoms with van der Waals surface area (Å²) in [6, 6.07) is 57.5. The molecule has 4 amide bonds. The lowest BCUT2D eigenvalue weighted by Gasteiger charge is -2.37. The van der Waals surface area contributed by atoms with Gasteiger partial charge in [0.2, 0.25) is 23.6 Å². The van der Waals surface area contributed by atoms with E-state index >= 15 is 0 Å². The van der Waals surface area contributed by atoms with Crippen molar-refractivity contribution in [1.29, 1.82) is 0 Å². The standard InChI is InChI=1S/C59H64N4O7S2/c1-42(2)54(57(69)60-40-53(66)70-4)63-56(68)51(41-72-59(47-31-17-8-18-32-47,48-33-19-9-20-34-48)49-35-21-10-22-36-49)62-55(67)43(3)61-52(65)39-50(64)37-23-24-38-71-58(44-25-11-5-12-26-44,45-27-13-6-14-28-45)46-29-15-7-16-30-46/h5-23,25-37,42-43,50-51,54,64H,24,38-41H2,1-4H3,(H,60,69)(H,61,65)(H,62,67)(H,63,68)/t43-,50-,51-,54-/m1/s1. The van der Waals surface area contributed by atoms with Crippen molar-refractivity contribution >= 4 is 53.1 Å². The summed E-state index contributed by atoms with van der Waals surface area (Å²) in [6.45, 7) is 4.63. The molecular formula is C59H64N4O7S2. The number of aliphatic hydroxyl groups is 1. The second-order valence-electron chi connectivity index (χ2n) is 17.6. The summed E-state index contributed by atoms with van der Waals surface area (Å²) in [6.07, 6.45) is 2.66. The van der Waals surface area contributed by atoms with Crippen molar-refractivity contribution in [2.45, 2.75) is 67.3 Å². The average molecular weight is 1010 g/mol. The second-order valence-corrected chi connectivity index (χ2v) is 20.1. The van der Waals surface area contributed by atoms with Gasteiger partial charge in [-0.05, 0) is 58.4 Å². The molecule has 6 aromatic carbocycles.